The third kappa shape index (κ3) is 9.11. The van der Waals surface area contributed by atoms with Crippen LogP contribution in [0, 0.1) is 0 Å². The molecule has 1 unspecified atom stereocenters. The molecule has 0 aliphatic carbocycles. The average molecular weight is 586 g/mol. The fraction of sp³-hybridized carbons (Fsp3) is 0.211. The van der Waals surface area contributed by atoms with E-state index >= 15 is 0 Å². The molecular weight excluding hydrogens is 546 g/mol. The van der Waals surface area contributed by atoms with Crippen molar-refractivity contribution >= 4 is 11.6 Å². The zero-order valence-corrected chi connectivity index (χ0v) is 25.1. The first-order valence-electron chi connectivity index (χ1n) is 15.0. The highest BCUT2D eigenvalue weighted by atomic mass is 16.5. The number of aromatic nitrogens is 1. The molecule has 1 heterocycles. The zero-order chi connectivity index (χ0) is 30.6. The number of aliphatic hydroxyl groups is 1. The largest absolute Gasteiger partial charge is 0.489 e. The molecule has 0 saturated heterocycles. The van der Waals surface area contributed by atoms with Crippen LogP contribution < -0.4 is 9.64 Å². The van der Waals surface area contributed by atoms with Gasteiger partial charge >= 0.3 is 0 Å². The van der Waals surface area contributed by atoms with Gasteiger partial charge in [-0.3, -0.25) is 14.7 Å². The van der Waals surface area contributed by atoms with Crippen molar-refractivity contribution in [1.29, 1.82) is 0 Å². The number of hydrogen-bond acceptors (Lipinski definition) is 5. The number of para-hydroxylation sites is 1. The van der Waals surface area contributed by atoms with Crippen molar-refractivity contribution in [2.75, 3.05) is 25.0 Å². The lowest BCUT2D eigenvalue weighted by molar-refractivity contribution is -0.117. The monoisotopic (exact) mass is 585 g/mol. The van der Waals surface area contributed by atoms with Gasteiger partial charge < -0.3 is 14.7 Å². The summed E-state index contributed by atoms with van der Waals surface area (Å²) in [7, 11) is 1.79. The molecule has 0 spiro atoms. The Morgan fingerprint density at radius 1 is 0.795 bits per heavy atom. The van der Waals surface area contributed by atoms with Crippen LogP contribution >= 0.6 is 0 Å². The number of aliphatic hydroxyl groups excluding tert-OH is 1. The van der Waals surface area contributed by atoms with E-state index in [0.29, 0.717) is 19.7 Å². The molecule has 0 bridgehead atoms. The third-order valence-corrected chi connectivity index (χ3v) is 7.64. The Morgan fingerprint density at radius 3 is 2.11 bits per heavy atom. The van der Waals surface area contributed by atoms with Gasteiger partial charge in [-0.2, -0.15) is 0 Å². The molecule has 0 aliphatic heterocycles. The van der Waals surface area contributed by atoms with E-state index < -0.39 is 6.10 Å². The van der Waals surface area contributed by atoms with E-state index in [1.54, 1.807) is 18.1 Å². The minimum absolute atomic E-state index is 0.00818. The van der Waals surface area contributed by atoms with Crippen molar-refractivity contribution < 1.29 is 14.6 Å². The van der Waals surface area contributed by atoms with E-state index in [0.717, 1.165) is 46.8 Å². The smallest absolute Gasteiger partial charge is 0.232 e. The second-order valence-corrected chi connectivity index (χ2v) is 11.0. The Labute approximate surface area is 260 Å². The van der Waals surface area contributed by atoms with E-state index in [-0.39, 0.29) is 12.3 Å². The van der Waals surface area contributed by atoms with E-state index in [9.17, 15) is 9.90 Å². The number of nitrogens with zero attached hydrogens (tertiary/aromatic N) is 3. The molecule has 0 saturated carbocycles. The second-order valence-electron chi connectivity index (χ2n) is 11.0. The summed E-state index contributed by atoms with van der Waals surface area (Å²) in [6, 6.07) is 41.7. The number of ether oxygens (including phenoxy) is 1. The third-order valence-electron chi connectivity index (χ3n) is 7.64. The minimum Gasteiger partial charge on any atom is -0.489 e. The number of rotatable bonds is 14. The van der Waals surface area contributed by atoms with Gasteiger partial charge in [0.2, 0.25) is 5.91 Å². The van der Waals surface area contributed by atoms with Crippen molar-refractivity contribution in [2.45, 2.75) is 32.1 Å². The van der Waals surface area contributed by atoms with Crippen molar-refractivity contribution in [3.05, 3.63) is 162 Å². The predicted molar refractivity (Wildman–Crippen MR) is 175 cm³/mol. The van der Waals surface area contributed by atoms with Crippen molar-refractivity contribution in [1.82, 2.24) is 9.88 Å². The molecule has 1 atom stereocenters. The molecule has 6 nitrogen and oxygen atoms in total. The van der Waals surface area contributed by atoms with Crippen LogP contribution in [0.15, 0.2) is 134 Å². The summed E-state index contributed by atoms with van der Waals surface area (Å²) in [5.41, 5.74) is 5.87. The van der Waals surface area contributed by atoms with Crippen molar-refractivity contribution in [3.8, 4) is 5.75 Å². The molecular formula is C38H39N3O3. The number of pyridine rings is 1. The molecule has 4 aromatic carbocycles. The number of benzene rings is 4. The lowest BCUT2D eigenvalue weighted by atomic mass is 10.1. The highest BCUT2D eigenvalue weighted by Crippen LogP contribution is 2.21. The first kappa shape index (κ1) is 30.7. The maximum absolute atomic E-state index is 12.9. The lowest BCUT2D eigenvalue weighted by Crippen LogP contribution is -2.30. The fourth-order valence-corrected chi connectivity index (χ4v) is 5.09. The number of amides is 1. The van der Waals surface area contributed by atoms with Gasteiger partial charge in [-0.05, 0) is 65.1 Å². The van der Waals surface area contributed by atoms with Crippen LogP contribution in [0.2, 0.25) is 0 Å². The quantitative estimate of drug-likeness (QED) is 0.158. The Kier molecular flexibility index (Phi) is 10.9. The zero-order valence-electron chi connectivity index (χ0n) is 25.1. The number of likely N-dealkylation sites (N-methyl/N-ethyl adjacent to an activating group) is 1. The molecule has 0 radical (unpaired) electrons. The summed E-state index contributed by atoms with van der Waals surface area (Å²) in [5.74, 6) is 0.763. The molecule has 1 aromatic heterocycles. The summed E-state index contributed by atoms with van der Waals surface area (Å²) >= 11 is 0. The van der Waals surface area contributed by atoms with Crippen LogP contribution in [0.3, 0.4) is 0 Å². The molecule has 6 heteroatoms. The molecule has 5 rings (SSSR count). The summed E-state index contributed by atoms with van der Waals surface area (Å²) in [6.45, 7) is 2.44. The topological polar surface area (TPSA) is 65.9 Å². The SMILES string of the molecule is CN(C(=O)Cc1cc(CCN(Cc2ccccc2)CC(O)c2ccc(OCc3ccccc3)cc2)ccn1)c1ccccc1. The van der Waals surface area contributed by atoms with E-state index in [2.05, 4.69) is 22.0 Å². The Morgan fingerprint density at radius 2 is 1.43 bits per heavy atom. The molecule has 0 aliphatic rings. The molecule has 1 amide bonds. The first-order chi connectivity index (χ1) is 21.5. The number of anilines is 1. The van der Waals surface area contributed by atoms with Gasteiger partial charge in [-0.15, -0.1) is 0 Å². The van der Waals surface area contributed by atoms with Crippen LogP contribution in [-0.2, 0) is 30.8 Å². The molecule has 1 N–H and O–H groups in total. The summed E-state index contributed by atoms with van der Waals surface area (Å²) in [6.07, 6.45) is 2.13. The number of carbonyl (C=O) groups excluding carboxylic acids is 1. The maximum atomic E-state index is 12.9. The van der Waals surface area contributed by atoms with Gasteiger partial charge in [0, 0.05) is 44.3 Å². The lowest BCUT2D eigenvalue weighted by Gasteiger charge is -2.26. The van der Waals surface area contributed by atoms with E-state index in [1.807, 2.05) is 115 Å². The van der Waals surface area contributed by atoms with Crippen LogP contribution in [-0.4, -0.2) is 41.0 Å². The summed E-state index contributed by atoms with van der Waals surface area (Å²) < 4.78 is 5.92. The second kappa shape index (κ2) is 15.6. The van der Waals surface area contributed by atoms with Crippen LogP contribution in [0.5, 0.6) is 5.75 Å². The normalized spacial score (nSPS) is 11.7. The maximum Gasteiger partial charge on any atom is 0.232 e. The molecule has 0 fully saturated rings. The summed E-state index contributed by atoms with van der Waals surface area (Å²) in [5, 5.41) is 11.2. The average Bonchev–Trinajstić information content (AvgIpc) is 3.07. The first-order valence-corrected chi connectivity index (χ1v) is 15.0. The number of carbonyl (C=O) groups is 1. The predicted octanol–water partition coefficient (Wildman–Crippen LogP) is 6.64. The van der Waals surface area contributed by atoms with E-state index in [4.69, 9.17) is 4.74 Å². The van der Waals surface area contributed by atoms with Crippen LogP contribution in [0.4, 0.5) is 5.69 Å². The summed E-state index contributed by atoms with van der Waals surface area (Å²) in [4.78, 5) is 21.3. The van der Waals surface area contributed by atoms with Crippen molar-refractivity contribution in [2.24, 2.45) is 0 Å². The Balaban J connectivity index is 1.20. The minimum atomic E-state index is -0.652. The van der Waals surface area contributed by atoms with Gasteiger partial charge in [0.1, 0.15) is 12.4 Å². The molecule has 224 valence electrons. The number of hydrogen-bond donors (Lipinski definition) is 1. The highest BCUT2D eigenvalue weighted by molar-refractivity contribution is 5.93. The van der Waals surface area contributed by atoms with Crippen LogP contribution in [0.1, 0.15) is 34.1 Å². The highest BCUT2D eigenvalue weighted by Gasteiger charge is 2.16. The molecule has 44 heavy (non-hydrogen) atoms. The van der Waals surface area contributed by atoms with E-state index in [1.165, 1.54) is 5.56 Å². The standard InChI is InChI=1S/C38H39N3O3/c1-40(35-15-9-4-10-16-35)38(43)26-34-25-30(21-23-39-34)22-24-41(27-31-11-5-2-6-12-31)28-37(42)33-17-19-36(20-18-33)44-29-32-13-7-3-8-14-32/h2-21,23,25,37,42H,22,24,26-29H2,1H3. The Hall–Kier alpha value is -4.78. The van der Waals surface area contributed by atoms with Gasteiger partial charge in [0.15, 0.2) is 0 Å². The van der Waals surface area contributed by atoms with Gasteiger partial charge in [-0.1, -0.05) is 91.0 Å². The van der Waals surface area contributed by atoms with Crippen LogP contribution in [0.25, 0.3) is 0 Å². The van der Waals surface area contributed by atoms with Gasteiger partial charge in [0.25, 0.3) is 0 Å². The van der Waals surface area contributed by atoms with Gasteiger partial charge in [0.05, 0.1) is 12.5 Å². The Bertz CT molecular complexity index is 1580. The van der Waals surface area contributed by atoms with Gasteiger partial charge in [-0.25, -0.2) is 0 Å². The molecule has 5 aromatic rings. The fourth-order valence-electron chi connectivity index (χ4n) is 5.09. The van der Waals surface area contributed by atoms with Crippen molar-refractivity contribution in [3.63, 3.8) is 0 Å².